The maximum Gasteiger partial charge on any atom is 0.270 e. The summed E-state index contributed by atoms with van der Waals surface area (Å²) in [5.41, 5.74) is 2.69. The molecule has 33 heavy (non-hydrogen) atoms. The van der Waals surface area contributed by atoms with E-state index in [9.17, 15) is 4.79 Å². The normalized spacial score (nSPS) is 14.6. The van der Waals surface area contributed by atoms with Crippen molar-refractivity contribution in [3.63, 3.8) is 0 Å². The second-order valence-corrected chi connectivity index (χ2v) is 8.92. The van der Waals surface area contributed by atoms with E-state index in [-0.39, 0.29) is 5.91 Å². The van der Waals surface area contributed by atoms with E-state index in [0.717, 1.165) is 28.3 Å². The number of nitrogens with zero attached hydrogens (tertiary/aromatic N) is 1. The van der Waals surface area contributed by atoms with Crippen molar-refractivity contribution in [2.24, 2.45) is 0 Å². The molecule has 1 amide bonds. The maximum atomic E-state index is 13.0. The number of para-hydroxylation sites is 1. The standard InChI is InChI=1S/C26H23NO4S2/c1-18-6-3-4-9-23(18)27-25(28)24(33-26(27)32)17-19-7-5-8-22(16-19)31-15-14-30-21-12-10-20(29-2)11-13-21/h3-13,16-17H,14-15H2,1-2H3. The number of amides is 1. The highest BCUT2D eigenvalue weighted by molar-refractivity contribution is 8.27. The van der Waals surface area contributed by atoms with Crippen LogP contribution >= 0.6 is 24.0 Å². The van der Waals surface area contributed by atoms with Gasteiger partial charge < -0.3 is 14.2 Å². The van der Waals surface area contributed by atoms with E-state index in [1.54, 1.807) is 12.0 Å². The highest BCUT2D eigenvalue weighted by Crippen LogP contribution is 2.37. The summed E-state index contributed by atoms with van der Waals surface area (Å²) in [6.45, 7) is 2.77. The first-order valence-corrected chi connectivity index (χ1v) is 11.6. The predicted molar refractivity (Wildman–Crippen MR) is 137 cm³/mol. The van der Waals surface area contributed by atoms with Gasteiger partial charge in [-0.2, -0.15) is 0 Å². The van der Waals surface area contributed by atoms with Crippen LogP contribution in [0.5, 0.6) is 17.2 Å². The van der Waals surface area contributed by atoms with E-state index in [1.165, 1.54) is 11.8 Å². The van der Waals surface area contributed by atoms with Gasteiger partial charge in [-0.1, -0.05) is 54.3 Å². The zero-order chi connectivity index (χ0) is 23.2. The van der Waals surface area contributed by atoms with Gasteiger partial charge in [0.2, 0.25) is 0 Å². The number of benzene rings is 3. The van der Waals surface area contributed by atoms with Gasteiger partial charge in [-0.3, -0.25) is 9.69 Å². The first-order chi connectivity index (χ1) is 16.0. The summed E-state index contributed by atoms with van der Waals surface area (Å²) in [6, 6.07) is 22.7. The fourth-order valence-electron chi connectivity index (χ4n) is 3.33. The quantitative estimate of drug-likeness (QED) is 0.230. The third-order valence-electron chi connectivity index (χ3n) is 4.99. The fourth-order valence-corrected chi connectivity index (χ4v) is 4.61. The summed E-state index contributed by atoms with van der Waals surface area (Å²) in [4.78, 5) is 15.2. The Morgan fingerprint density at radius 2 is 1.61 bits per heavy atom. The van der Waals surface area contributed by atoms with Crippen LogP contribution in [0.3, 0.4) is 0 Å². The molecular weight excluding hydrogens is 454 g/mol. The number of carbonyl (C=O) groups excluding carboxylic acids is 1. The minimum atomic E-state index is -0.112. The minimum absolute atomic E-state index is 0.112. The number of rotatable bonds is 8. The van der Waals surface area contributed by atoms with Crippen LogP contribution in [0.2, 0.25) is 0 Å². The monoisotopic (exact) mass is 477 g/mol. The summed E-state index contributed by atoms with van der Waals surface area (Å²) in [7, 11) is 1.63. The molecule has 1 fully saturated rings. The molecule has 0 saturated carbocycles. The van der Waals surface area contributed by atoms with Crippen LogP contribution in [0, 0.1) is 6.92 Å². The van der Waals surface area contributed by atoms with Gasteiger partial charge in [-0.25, -0.2) is 0 Å². The SMILES string of the molecule is COc1ccc(OCCOc2cccc(C=C3SC(=S)N(c4ccccc4C)C3=O)c2)cc1. The van der Waals surface area contributed by atoms with Crippen LogP contribution in [0.25, 0.3) is 6.08 Å². The molecule has 0 radical (unpaired) electrons. The van der Waals surface area contributed by atoms with Gasteiger partial charge >= 0.3 is 0 Å². The van der Waals surface area contributed by atoms with Crippen molar-refractivity contribution in [3.8, 4) is 17.2 Å². The third kappa shape index (κ3) is 5.56. The molecule has 0 aliphatic carbocycles. The zero-order valence-electron chi connectivity index (χ0n) is 18.3. The molecule has 3 aromatic carbocycles. The van der Waals surface area contributed by atoms with Crippen LogP contribution in [0.1, 0.15) is 11.1 Å². The number of anilines is 1. The molecule has 0 atom stereocenters. The van der Waals surface area contributed by atoms with Gasteiger partial charge in [0, 0.05) is 0 Å². The van der Waals surface area contributed by atoms with Crippen molar-refractivity contribution >= 4 is 46.0 Å². The fraction of sp³-hybridized carbons (Fsp3) is 0.154. The summed E-state index contributed by atoms with van der Waals surface area (Å²) >= 11 is 6.79. The van der Waals surface area contributed by atoms with Crippen LogP contribution in [0.4, 0.5) is 5.69 Å². The lowest BCUT2D eigenvalue weighted by atomic mass is 10.1. The molecule has 1 aliphatic heterocycles. The number of aryl methyl sites for hydroxylation is 1. The average Bonchev–Trinajstić information content (AvgIpc) is 3.10. The Kier molecular flexibility index (Phi) is 7.32. The van der Waals surface area contributed by atoms with E-state index in [1.807, 2.05) is 85.8 Å². The van der Waals surface area contributed by atoms with Gasteiger partial charge in [0.05, 0.1) is 17.7 Å². The number of methoxy groups -OCH3 is 1. The number of hydrogen-bond acceptors (Lipinski definition) is 6. The van der Waals surface area contributed by atoms with E-state index < -0.39 is 0 Å². The molecule has 0 aromatic heterocycles. The number of hydrogen-bond donors (Lipinski definition) is 0. The van der Waals surface area contributed by atoms with Crippen LogP contribution in [-0.2, 0) is 4.79 Å². The Morgan fingerprint density at radius 3 is 2.33 bits per heavy atom. The molecule has 4 rings (SSSR count). The molecular formula is C26H23NO4S2. The first-order valence-electron chi connectivity index (χ1n) is 10.4. The topological polar surface area (TPSA) is 48.0 Å². The predicted octanol–water partition coefficient (Wildman–Crippen LogP) is 5.87. The van der Waals surface area contributed by atoms with Crippen molar-refractivity contribution in [2.75, 3.05) is 25.2 Å². The lowest BCUT2D eigenvalue weighted by Gasteiger charge is -2.16. The van der Waals surface area contributed by atoms with Crippen molar-refractivity contribution in [1.29, 1.82) is 0 Å². The molecule has 3 aromatic rings. The van der Waals surface area contributed by atoms with E-state index >= 15 is 0 Å². The molecule has 168 valence electrons. The van der Waals surface area contributed by atoms with Crippen molar-refractivity contribution in [1.82, 2.24) is 0 Å². The smallest absolute Gasteiger partial charge is 0.270 e. The molecule has 0 unspecified atom stereocenters. The number of thiocarbonyl (C=S) groups is 1. The lowest BCUT2D eigenvalue weighted by Crippen LogP contribution is -2.28. The maximum absolute atomic E-state index is 13.0. The second-order valence-electron chi connectivity index (χ2n) is 7.25. The van der Waals surface area contributed by atoms with Crippen molar-refractivity contribution in [2.45, 2.75) is 6.92 Å². The molecule has 7 heteroatoms. The van der Waals surface area contributed by atoms with Crippen molar-refractivity contribution < 1.29 is 19.0 Å². The summed E-state index contributed by atoms with van der Waals surface area (Å²) in [5, 5.41) is 0. The van der Waals surface area contributed by atoms with Gasteiger partial charge in [0.25, 0.3) is 5.91 Å². The number of ether oxygens (including phenoxy) is 3. The molecule has 1 saturated heterocycles. The van der Waals surface area contributed by atoms with Crippen LogP contribution < -0.4 is 19.1 Å². The average molecular weight is 478 g/mol. The highest BCUT2D eigenvalue weighted by Gasteiger charge is 2.33. The second kappa shape index (κ2) is 10.6. The molecule has 0 spiro atoms. The van der Waals surface area contributed by atoms with Gasteiger partial charge in [-0.15, -0.1) is 0 Å². The van der Waals surface area contributed by atoms with Gasteiger partial charge in [0.1, 0.15) is 30.5 Å². The van der Waals surface area contributed by atoms with E-state index in [0.29, 0.717) is 28.2 Å². The molecule has 5 nitrogen and oxygen atoms in total. The lowest BCUT2D eigenvalue weighted by molar-refractivity contribution is -0.113. The van der Waals surface area contributed by atoms with Crippen LogP contribution in [-0.4, -0.2) is 30.6 Å². The van der Waals surface area contributed by atoms with Gasteiger partial charge in [0.15, 0.2) is 4.32 Å². The summed E-state index contributed by atoms with van der Waals surface area (Å²) in [6.07, 6.45) is 1.85. The number of thioether (sulfide) groups is 1. The minimum Gasteiger partial charge on any atom is -0.497 e. The Balaban J connectivity index is 1.37. The van der Waals surface area contributed by atoms with Crippen LogP contribution in [0.15, 0.2) is 77.7 Å². The van der Waals surface area contributed by atoms with E-state index in [4.69, 9.17) is 26.4 Å². The highest BCUT2D eigenvalue weighted by atomic mass is 32.2. The number of carbonyl (C=O) groups is 1. The Bertz CT molecular complexity index is 1190. The molecule has 1 aliphatic rings. The summed E-state index contributed by atoms with van der Waals surface area (Å²) in [5.74, 6) is 2.13. The molecule has 0 bridgehead atoms. The first kappa shape index (κ1) is 22.9. The Labute approximate surface area is 203 Å². The van der Waals surface area contributed by atoms with Crippen molar-refractivity contribution in [3.05, 3.63) is 88.8 Å². The Hall–Kier alpha value is -3.29. The Morgan fingerprint density at radius 1 is 0.909 bits per heavy atom. The van der Waals surface area contributed by atoms with E-state index in [2.05, 4.69) is 0 Å². The third-order valence-corrected chi connectivity index (χ3v) is 6.29. The molecule has 1 heterocycles. The van der Waals surface area contributed by atoms with Gasteiger partial charge in [-0.05, 0) is 66.6 Å². The largest absolute Gasteiger partial charge is 0.497 e. The molecule has 0 N–H and O–H groups in total. The summed E-state index contributed by atoms with van der Waals surface area (Å²) < 4.78 is 17.2. The zero-order valence-corrected chi connectivity index (χ0v) is 19.9.